The number of hydrogen-bond acceptors (Lipinski definition) is 6. The minimum Gasteiger partial charge on any atom is -0.378 e. The zero-order valence-electron chi connectivity index (χ0n) is 12.8. The molecule has 1 aromatic heterocycles. The average molecular weight is 283 g/mol. The van der Waals surface area contributed by atoms with Crippen LogP contribution >= 0.6 is 0 Å². The molecule has 1 saturated heterocycles. The SMILES string of the molecule is COC1(Cn2nnnc2C(C)NCC(C)C)CCOC1. The van der Waals surface area contributed by atoms with Crippen molar-refractivity contribution in [1.29, 1.82) is 0 Å². The lowest BCUT2D eigenvalue weighted by Gasteiger charge is -2.26. The molecule has 1 fully saturated rings. The van der Waals surface area contributed by atoms with Gasteiger partial charge in [-0.05, 0) is 29.8 Å². The second-order valence-corrected chi connectivity index (χ2v) is 5.91. The summed E-state index contributed by atoms with van der Waals surface area (Å²) in [6.07, 6.45) is 0.872. The summed E-state index contributed by atoms with van der Waals surface area (Å²) in [6.45, 7) is 9.32. The van der Waals surface area contributed by atoms with Crippen LogP contribution in [0.3, 0.4) is 0 Å². The summed E-state index contributed by atoms with van der Waals surface area (Å²) in [6, 6.07) is 0.114. The smallest absolute Gasteiger partial charge is 0.168 e. The zero-order valence-corrected chi connectivity index (χ0v) is 12.8. The highest BCUT2D eigenvalue weighted by atomic mass is 16.5. The lowest BCUT2D eigenvalue weighted by atomic mass is 10.0. The number of nitrogens with zero attached hydrogens (tertiary/aromatic N) is 4. The molecule has 20 heavy (non-hydrogen) atoms. The molecule has 2 unspecified atom stereocenters. The molecule has 7 heteroatoms. The Kier molecular flexibility index (Phi) is 5.06. The lowest BCUT2D eigenvalue weighted by molar-refractivity contribution is -0.0329. The zero-order chi connectivity index (χ0) is 14.6. The summed E-state index contributed by atoms with van der Waals surface area (Å²) < 4.78 is 12.9. The quantitative estimate of drug-likeness (QED) is 0.797. The fourth-order valence-corrected chi connectivity index (χ4v) is 2.35. The normalized spacial score (nSPS) is 24.4. The molecular formula is C13H25N5O2. The van der Waals surface area contributed by atoms with Crippen molar-refractivity contribution in [3.63, 3.8) is 0 Å². The number of rotatable bonds is 7. The van der Waals surface area contributed by atoms with Gasteiger partial charge >= 0.3 is 0 Å². The molecule has 0 saturated carbocycles. The Morgan fingerprint density at radius 2 is 2.25 bits per heavy atom. The first-order chi connectivity index (χ1) is 9.56. The maximum Gasteiger partial charge on any atom is 0.168 e. The van der Waals surface area contributed by atoms with Crippen LogP contribution in [0.1, 0.15) is 39.1 Å². The lowest BCUT2D eigenvalue weighted by Crippen LogP contribution is -2.38. The largest absolute Gasteiger partial charge is 0.378 e. The highest BCUT2D eigenvalue weighted by Gasteiger charge is 2.37. The van der Waals surface area contributed by atoms with E-state index in [0.29, 0.717) is 19.1 Å². The molecule has 2 rings (SSSR count). The molecule has 0 aromatic carbocycles. The van der Waals surface area contributed by atoms with Crippen LogP contribution in [0.25, 0.3) is 0 Å². The Morgan fingerprint density at radius 3 is 2.85 bits per heavy atom. The van der Waals surface area contributed by atoms with Gasteiger partial charge in [0.1, 0.15) is 5.60 Å². The summed E-state index contributed by atoms with van der Waals surface area (Å²) in [4.78, 5) is 0. The molecule has 0 bridgehead atoms. The van der Waals surface area contributed by atoms with Crippen LogP contribution in [-0.2, 0) is 16.0 Å². The second kappa shape index (κ2) is 6.60. The van der Waals surface area contributed by atoms with Gasteiger partial charge in [-0.15, -0.1) is 5.10 Å². The molecule has 0 spiro atoms. The molecule has 1 aliphatic rings. The Labute approximate surface area is 120 Å². The van der Waals surface area contributed by atoms with E-state index in [1.165, 1.54) is 0 Å². The molecule has 0 amide bonds. The summed E-state index contributed by atoms with van der Waals surface area (Å²) >= 11 is 0. The minimum absolute atomic E-state index is 0.114. The van der Waals surface area contributed by atoms with Crippen molar-refractivity contribution in [2.45, 2.75) is 45.4 Å². The Balaban J connectivity index is 2.04. The van der Waals surface area contributed by atoms with E-state index in [1.807, 2.05) is 4.68 Å². The third-order valence-electron chi connectivity index (χ3n) is 3.72. The van der Waals surface area contributed by atoms with Gasteiger partial charge in [0.2, 0.25) is 0 Å². The van der Waals surface area contributed by atoms with E-state index in [0.717, 1.165) is 25.4 Å². The van der Waals surface area contributed by atoms with Crippen molar-refractivity contribution in [3.05, 3.63) is 5.82 Å². The first-order valence-electron chi connectivity index (χ1n) is 7.19. The fraction of sp³-hybridized carbons (Fsp3) is 0.923. The van der Waals surface area contributed by atoms with Crippen LogP contribution in [0.15, 0.2) is 0 Å². The van der Waals surface area contributed by atoms with Crippen molar-refractivity contribution < 1.29 is 9.47 Å². The Morgan fingerprint density at radius 1 is 1.45 bits per heavy atom. The van der Waals surface area contributed by atoms with Crippen LogP contribution in [-0.4, -0.2) is 52.7 Å². The van der Waals surface area contributed by atoms with Crippen molar-refractivity contribution >= 4 is 0 Å². The number of ether oxygens (including phenoxy) is 2. The fourth-order valence-electron chi connectivity index (χ4n) is 2.35. The first-order valence-corrected chi connectivity index (χ1v) is 7.19. The molecule has 1 aromatic rings. The standard InChI is InChI=1S/C13H25N5O2/c1-10(2)7-14-11(3)12-15-16-17-18(12)8-13(19-4)5-6-20-9-13/h10-11,14H,5-9H2,1-4H3. The molecular weight excluding hydrogens is 258 g/mol. The average Bonchev–Trinajstić information content (AvgIpc) is 3.06. The van der Waals surface area contributed by atoms with Gasteiger partial charge in [-0.1, -0.05) is 13.8 Å². The van der Waals surface area contributed by atoms with E-state index in [4.69, 9.17) is 9.47 Å². The molecule has 0 radical (unpaired) electrons. The van der Waals surface area contributed by atoms with Crippen LogP contribution in [0, 0.1) is 5.92 Å². The Bertz CT molecular complexity index is 415. The second-order valence-electron chi connectivity index (χ2n) is 5.91. The Hall–Kier alpha value is -1.05. The van der Waals surface area contributed by atoms with Crippen molar-refractivity contribution in [2.75, 3.05) is 26.9 Å². The van der Waals surface area contributed by atoms with Crippen LogP contribution in [0.4, 0.5) is 0 Å². The predicted molar refractivity (Wildman–Crippen MR) is 74.2 cm³/mol. The van der Waals surface area contributed by atoms with E-state index in [2.05, 4.69) is 41.6 Å². The van der Waals surface area contributed by atoms with Gasteiger partial charge < -0.3 is 14.8 Å². The summed E-state index contributed by atoms with van der Waals surface area (Å²) in [7, 11) is 1.72. The van der Waals surface area contributed by atoms with Gasteiger partial charge in [0.15, 0.2) is 5.82 Å². The topological polar surface area (TPSA) is 74.1 Å². The van der Waals surface area contributed by atoms with Crippen molar-refractivity contribution in [2.24, 2.45) is 5.92 Å². The van der Waals surface area contributed by atoms with E-state index in [-0.39, 0.29) is 11.6 Å². The highest BCUT2D eigenvalue weighted by molar-refractivity contribution is 4.93. The van der Waals surface area contributed by atoms with Crippen LogP contribution in [0.5, 0.6) is 0 Å². The number of aromatic nitrogens is 4. The first kappa shape index (κ1) is 15.3. The third kappa shape index (κ3) is 3.53. The molecule has 2 atom stereocenters. The summed E-state index contributed by atoms with van der Waals surface area (Å²) in [5, 5.41) is 15.5. The van der Waals surface area contributed by atoms with Crippen molar-refractivity contribution in [3.8, 4) is 0 Å². The molecule has 114 valence electrons. The van der Waals surface area contributed by atoms with Crippen LogP contribution in [0.2, 0.25) is 0 Å². The minimum atomic E-state index is -0.304. The molecule has 1 N–H and O–H groups in total. The summed E-state index contributed by atoms with van der Waals surface area (Å²) in [5.74, 6) is 1.43. The maximum absolute atomic E-state index is 5.64. The predicted octanol–water partition coefficient (Wildman–Crippen LogP) is 0.785. The van der Waals surface area contributed by atoms with Crippen molar-refractivity contribution in [1.82, 2.24) is 25.5 Å². The number of nitrogens with one attached hydrogen (secondary N) is 1. The monoisotopic (exact) mass is 283 g/mol. The van der Waals surface area contributed by atoms with E-state index in [9.17, 15) is 0 Å². The van der Waals surface area contributed by atoms with Gasteiger partial charge in [-0.25, -0.2) is 4.68 Å². The highest BCUT2D eigenvalue weighted by Crippen LogP contribution is 2.25. The number of hydrogen-bond donors (Lipinski definition) is 1. The maximum atomic E-state index is 5.64. The van der Waals surface area contributed by atoms with Gasteiger partial charge in [0.05, 0.1) is 19.2 Å². The molecule has 7 nitrogen and oxygen atoms in total. The molecule has 2 heterocycles. The van der Waals surface area contributed by atoms with E-state index in [1.54, 1.807) is 7.11 Å². The molecule has 0 aliphatic carbocycles. The molecule has 1 aliphatic heterocycles. The summed E-state index contributed by atoms with van der Waals surface area (Å²) in [5.41, 5.74) is -0.304. The third-order valence-corrected chi connectivity index (χ3v) is 3.72. The number of methoxy groups -OCH3 is 1. The van der Waals surface area contributed by atoms with Gasteiger partial charge in [-0.2, -0.15) is 0 Å². The van der Waals surface area contributed by atoms with E-state index >= 15 is 0 Å². The van der Waals surface area contributed by atoms with E-state index < -0.39 is 0 Å². The van der Waals surface area contributed by atoms with Gasteiger partial charge in [-0.3, -0.25) is 0 Å². The van der Waals surface area contributed by atoms with Crippen LogP contribution < -0.4 is 5.32 Å². The van der Waals surface area contributed by atoms with Gasteiger partial charge in [0.25, 0.3) is 0 Å². The number of tetrazole rings is 1. The van der Waals surface area contributed by atoms with Gasteiger partial charge in [0, 0.05) is 20.1 Å².